The van der Waals surface area contributed by atoms with Gasteiger partial charge < -0.3 is 11.1 Å². The summed E-state index contributed by atoms with van der Waals surface area (Å²) in [7, 11) is 0. The predicted octanol–water partition coefficient (Wildman–Crippen LogP) is 4.50. The fourth-order valence-electron chi connectivity index (χ4n) is 3.88. The van der Waals surface area contributed by atoms with Crippen LogP contribution in [0.5, 0.6) is 0 Å². The van der Waals surface area contributed by atoms with E-state index in [0.29, 0.717) is 10.6 Å². The first-order chi connectivity index (χ1) is 13.6. The highest BCUT2D eigenvalue weighted by molar-refractivity contribution is 7.17. The van der Waals surface area contributed by atoms with Gasteiger partial charge in [0.1, 0.15) is 5.00 Å². The Bertz CT molecular complexity index is 957. The number of rotatable bonds is 5. The lowest BCUT2D eigenvalue weighted by atomic mass is 9.90. The summed E-state index contributed by atoms with van der Waals surface area (Å²) in [6, 6.07) is 19.4. The van der Waals surface area contributed by atoms with E-state index in [1.165, 1.54) is 16.2 Å². The van der Waals surface area contributed by atoms with Gasteiger partial charge in [-0.25, -0.2) is 0 Å². The third kappa shape index (κ3) is 3.58. The van der Waals surface area contributed by atoms with Gasteiger partial charge in [0.15, 0.2) is 0 Å². The van der Waals surface area contributed by atoms with Crippen LogP contribution in [0.25, 0.3) is 0 Å². The summed E-state index contributed by atoms with van der Waals surface area (Å²) in [6.45, 7) is 0. The zero-order valence-electron chi connectivity index (χ0n) is 15.5. The number of carbonyl (C=O) groups is 2. The standard InChI is InChI=1S/C23H22N2O2S/c24-21(26)20-17-13-7-8-14-18(17)28-23(20)25-22(27)19(15-9-3-1-4-10-15)16-11-5-2-6-12-16/h1-6,9-12,19H,7-8,13-14H2,(H2,24,26)(H,25,27). The van der Waals surface area contributed by atoms with Crippen molar-refractivity contribution in [3.8, 4) is 0 Å². The van der Waals surface area contributed by atoms with Crippen LogP contribution < -0.4 is 11.1 Å². The molecule has 0 fully saturated rings. The van der Waals surface area contributed by atoms with Crippen LogP contribution in [0.3, 0.4) is 0 Å². The van der Waals surface area contributed by atoms with E-state index >= 15 is 0 Å². The van der Waals surface area contributed by atoms with Crippen LogP contribution >= 0.6 is 11.3 Å². The molecule has 28 heavy (non-hydrogen) atoms. The number of hydrogen-bond donors (Lipinski definition) is 2. The quantitative estimate of drug-likeness (QED) is 0.673. The number of fused-ring (bicyclic) bond motifs is 1. The zero-order valence-corrected chi connectivity index (χ0v) is 16.3. The lowest BCUT2D eigenvalue weighted by Crippen LogP contribution is -2.24. The number of thiophene rings is 1. The molecule has 0 saturated heterocycles. The van der Waals surface area contributed by atoms with Gasteiger partial charge in [-0.15, -0.1) is 11.3 Å². The Morgan fingerprint density at radius 1 is 0.893 bits per heavy atom. The highest BCUT2D eigenvalue weighted by atomic mass is 32.1. The molecule has 0 spiro atoms. The molecule has 1 aliphatic rings. The topological polar surface area (TPSA) is 72.2 Å². The molecular weight excluding hydrogens is 368 g/mol. The minimum atomic E-state index is -0.467. The maximum absolute atomic E-state index is 13.3. The molecule has 0 saturated carbocycles. The number of nitrogens with two attached hydrogens (primary N) is 1. The van der Waals surface area contributed by atoms with Gasteiger partial charge in [0.2, 0.25) is 5.91 Å². The molecule has 0 aliphatic heterocycles. The number of primary amides is 1. The van der Waals surface area contributed by atoms with Crippen LogP contribution in [-0.4, -0.2) is 11.8 Å². The molecule has 3 N–H and O–H groups in total. The van der Waals surface area contributed by atoms with Gasteiger partial charge in [0, 0.05) is 4.88 Å². The lowest BCUT2D eigenvalue weighted by molar-refractivity contribution is -0.116. The van der Waals surface area contributed by atoms with Crippen molar-refractivity contribution in [3.63, 3.8) is 0 Å². The number of hydrogen-bond acceptors (Lipinski definition) is 3. The van der Waals surface area contributed by atoms with Gasteiger partial charge in [-0.2, -0.15) is 0 Å². The number of aryl methyl sites for hydroxylation is 1. The lowest BCUT2D eigenvalue weighted by Gasteiger charge is -2.18. The second-order valence-electron chi connectivity index (χ2n) is 7.02. The van der Waals surface area contributed by atoms with Crippen molar-refractivity contribution in [1.29, 1.82) is 0 Å². The average Bonchev–Trinajstić information content (AvgIpc) is 3.07. The normalized spacial score (nSPS) is 13.2. The molecule has 0 radical (unpaired) electrons. The first-order valence-electron chi connectivity index (χ1n) is 9.50. The SMILES string of the molecule is NC(=O)c1c(NC(=O)C(c2ccccc2)c2ccccc2)sc2c1CCCC2. The fraction of sp³-hybridized carbons (Fsp3) is 0.217. The molecule has 1 aromatic heterocycles. The monoisotopic (exact) mass is 390 g/mol. The predicted molar refractivity (Wildman–Crippen MR) is 113 cm³/mol. The van der Waals surface area contributed by atoms with E-state index in [9.17, 15) is 9.59 Å². The van der Waals surface area contributed by atoms with E-state index in [4.69, 9.17) is 5.73 Å². The summed E-state index contributed by atoms with van der Waals surface area (Å²) in [5, 5.41) is 3.61. The molecule has 0 unspecified atom stereocenters. The molecular formula is C23H22N2O2S. The van der Waals surface area contributed by atoms with Crippen LogP contribution in [0.4, 0.5) is 5.00 Å². The van der Waals surface area contributed by atoms with Gasteiger partial charge >= 0.3 is 0 Å². The molecule has 1 aliphatic carbocycles. The molecule has 4 rings (SSSR count). The van der Waals surface area contributed by atoms with E-state index < -0.39 is 11.8 Å². The highest BCUT2D eigenvalue weighted by Crippen LogP contribution is 2.38. The number of anilines is 1. The Hall–Kier alpha value is -2.92. The van der Waals surface area contributed by atoms with Gasteiger partial charge in [-0.1, -0.05) is 60.7 Å². The fourth-order valence-corrected chi connectivity index (χ4v) is 5.18. The van der Waals surface area contributed by atoms with Crippen molar-refractivity contribution in [2.45, 2.75) is 31.6 Å². The molecule has 3 aromatic rings. The van der Waals surface area contributed by atoms with Crippen LogP contribution in [-0.2, 0) is 17.6 Å². The van der Waals surface area contributed by atoms with Gasteiger partial charge in [0.25, 0.3) is 5.91 Å². The summed E-state index contributed by atoms with van der Waals surface area (Å²) in [6.07, 6.45) is 3.95. The molecule has 4 nitrogen and oxygen atoms in total. The second-order valence-corrected chi connectivity index (χ2v) is 8.13. The third-order valence-electron chi connectivity index (χ3n) is 5.18. The second kappa shape index (κ2) is 7.98. The summed E-state index contributed by atoms with van der Waals surface area (Å²) in [5.74, 6) is -1.08. The molecule has 0 bridgehead atoms. The molecule has 142 valence electrons. The molecule has 1 heterocycles. The Labute approximate surface area is 168 Å². The van der Waals surface area contributed by atoms with Crippen LogP contribution in [0.15, 0.2) is 60.7 Å². The number of carbonyl (C=O) groups excluding carboxylic acids is 2. The number of amides is 2. The van der Waals surface area contributed by atoms with Crippen molar-refractivity contribution >= 4 is 28.2 Å². The van der Waals surface area contributed by atoms with Crippen LogP contribution in [0.1, 0.15) is 50.7 Å². The minimum Gasteiger partial charge on any atom is -0.365 e. The van der Waals surface area contributed by atoms with Crippen molar-refractivity contribution < 1.29 is 9.59 Å². The third-order valence-corrected chi connectivity index (χ3v) is 6.39. The van der Waals surface area contributed by atoms with Crippen LogP contribution in [0.2, 0.25) is 0 Å². The summed E-state index contributed by atoms with van der Waals surface area (Å²) >= 11 is 1.49. The molecule has 5 heteroatoms. The number of nitrogens with one attached hydrogen (secondary N) is 1. The van der Waals surface area contributed by atoms with Gasteiger partial charge in [-0.3, -0.25) is 9.59 Å². The smallest absolute Gasteiger partial charge is 0.251 e. The Morgan fingerprint density at radius 3 is 2.04 bits per heavy atom. The first kappa shape index (κ1) is 18.4. The largest absolute Gasteiger partial charge is 0.365 e. The Kier molecular flexibility index (Phi) is 5.26. The zero-order chi connectivity index (χ0) is 19.5. The maximum Gasteiger partial charge on any atom is 0.251 e. The van der Waals surface area contributed by atoms with E-state index in [-0.39, 0.29) is 5.91 Å². The Morgan fingerprint density at radius 2 is 1.46 bits per heavy atom. The number of benzene rings is 2. The van der Waals surface area contributed by atoms with Crippen molar-refractivity contribution in [2.75, 3.05) is 5.32 Å². The summed E-state index contributed by atoms with van der Waals surface area (Å²) in [5.41, 5.74) is 9.01. The van der Waals surface area contributed by atoms with Gasteiger partial charge in [-0.05, 0) is 42.4 Å². The van der Waals surface area contributed by atoms with E-state index in [0.717, 1.165) is 42.4 Å². The highest BCUT2D eigenvalue weighted by Gasteiger charge is 2.28. The van der Waals surface area contributed by atoms with Gasteiger partial charge in [0.05, 0.1) is 11.5 Å². The molecule has 0 atom stereocenters. The van der Waals surface area contributed by atoms with Crippen molar-refractivity contribution in [3.05, 3.63) is 87.8 Å². The maximum atomic E-state index is 13.3. The van der Waals surface area contributed by atoms with E-state index in [1.807, 2.05) is 60.7 Å². The molecule has 2 aromatic carbocycles. The minimum absolute atomic E-state index is 0.154. The summed E-state index contributed by atoms with van der Waals surface area (Å²) < 4.78 is 0. The van der Waals surface area contributed by atoms with Crippen molar-refractivity contribution in [1.82, 2.24) is 0 Å². The van der Waals surface area contributed by atoms with Crippen molar-refractivity contribution in [2.24, 2.45) is 5.73 Å². The summed E-state index contributed by atoms with van der Waals surface area (Å²) in [4.78, 5) is 26.6. The van der Waals surface area contributed by atoms with E-state index in [2.05, 4.69) is 5.32 Å². The van der Waals surface area contributed by atoms with E-state index in [1.54, 1.807) is 0 Å². The average molecular weight is 391 g/mol. The Balaban J connectivity index is 1.71. The molecule has 2 amide bonds. The first-order valence-corrected chi connectivity index (χ1v) is 10.3. The van der Waals surface area contributed by atoms with Crippen LogP contribution in [0, 0.1) is 0 Å².